The monoisotopic (exact) mass is 528 g/mol. The van der Waals surface area contributed by atoms with Gasteiger partial charge in [-0.15, -0.1) is 0 Å². The van der Waals surface area contributed by atoms with Crippen molar-refractivity contribution >= 4 is 30.0 Å². The van der Waals surface area contributed by atoms with E-state index in [2.05, 4.69) is 65.9 Å². The van der Waals surface area contributed by atoms with E-state index in [4.69, 9.17) is 5.73 Å². The molecular formula is C30H47FN5S+. The van der Waals surface area contributed by atoms with Crippen LogP contribution in [0.15, 0.2) is 28.2 Å². The van der Waals surface area contributed by atoms with Gasteiger partial charge in [0.15, 0.2) is 6.17 Å². The van der Waals surface area contributed by atoms with Crippen LogP contribution < -0.4 is 10.2 Å². The Morgan fingerprint density at radius 2 is 2.00 bits per heavy atom. The number of rotatable bonds is 10. The van der Waals surface area contributed by atoms with Crippen molar-refractivity contribution in [1.29, 1.82) is 0 Å². The van der Waals surface area contributed by atoms with Crippen LogP contribution >= 0.6 is 11.8 Å². The molecule has 2 aliphatic carbocycles. The van der Waals surface area contributed by atoms with Gasteiger partial charge in [0, 0.05) is 30.1 Å². The van der Waals surface area contributed by atoms with Gasteiger partial charge in [-0.05, 0) is 99.2 Å². The highest BCUT2D eigenvalue weighted by Gasteiger charge is 2.52. The molecule has 37 heavy (non-hydrogen) atoms. The van der Waals surface area contributed by atoms with Crippen LogP contribution in [0.1, 0.15) is 43.7 Å². The molecule has 7 unspecified atom stereocenters. The Kier molecular flexibility index (Phi) is 8.74. The molecule has 4 aliphatic rings. The van der Waals surface area contributed by atoms with E-state index in [-0.39, 0.29) is 6.04 Å². The molecule has 1 aromatic rings. The minimum absolute atomic E-state index is 0.273. The zero-order valence-corrected chi connectivity index (χ0v) is 23.9. The molecule has 2 aliphatic heterocycles. The topological polar surface area (TPSA) is 54.0 Å². The number of nitrogens with zero attached hydrogens (tertiary/aromatic N) is 4. The van der Waals surface area contributed by atoms with E-state index < -0.39 is 6.17 Å². The van der Waals surface area contributed by atoms with Crippen LogP contribution in [-0.2, 0) is 12.8 Å². The van der Waals surface area contributed by atoms with Gasteiger partial charge in [-0.1, -0.05) is 13.0 Å². The Morgan fingerprint density at radius 3 is 2.73 bits per heavy atom. The van der Waals surface area contributed by atoms with Crippen molar-refractivity contribution in [2.75, 3.05) is 52.6 Å². The van der Waals surface area contributed by atoms with E-state index in [0.717, 1.165) is 30.3 Å². The molecular weight excluding hydrogens is 481 g/mol. The molecule has 7 heteroatoms. The third-order valence-corrected chi connectivity index (χ3v) is 11.5. The zero-order chi connectivity index (χ0) is 26.0. The predicted octanol–water partition coefficient (Wildman–Crippen LogP) is 4.61. The number of hydrogen-bond acceptors (Lipinski definition) is 5. The van der Waals surface area contributed by atoms with E-state index in [1.807, 2.05) is 0 Å². The Balaban J connectivity index is 1.19. The van der Waals surface area contributed by atoms with Gasteiger partial charge in [-0.25, -0.2) is 9.38 Å². The molecule has 1 aromatic carbocycles. The summed E-state index contributed by atoms with van der Waals surface area (Å²) in [5.41, 5.74) is 10.8. The fraction of sp³-hybridized carbons (Fsp3) is 0.733. The average molecular weight is 529 g/mol. The van der Waals surface area contributed by atoms with Crippen LogP contribution in [0.3, 0.4) is 0 Å². The van der Waals surface area contributed by atoms with Crippen LogP contribution in [0.25, 0.3) is 0 Å². The smallest absolute Gasteiger partial charge is 0.157 e. The van der Waals surface area contributed by atoms with Crippen molar-refractivity contribution in [2.24, 2.45) is 39.4 Å². The maximum atomic E-state index is 14.4. The second-order valence-electron chi connectivity index (χ2n) is 12.2. The first-order valence-electron chi connectivity index (χ1n) is 14.6. The maximum Gasteiger partial charge on any atom is 0.157 e. The Hall–Kier alpha value is -1.28. The van der Waals surface area contributed by atoms with Gasteiger partial charge >= 0.3 is 0 Å². The first-order valence-corrected chi connectivity index (χ1v) is 15.6. The molecule has 2 heterocycles. The number of nitrogens with two attached hydrogens (primary N) is 1. The normalized spacial score (nSPS) is 34.9. The van der Waals surface area contributed by atoms with Gasteiger partial charge in [0.05, 0.1) is 26.2 Å². The third kappa shape index (κ3) is 5.85. The molecule has 3 fully saturated rings. The summed E-state index contributed by atoms with van der Waals surface area (Å²) in [6.07, 6.45) is 8.77. The van der Waals surface area contributed by atoms with Gasteiger partial charge < -0.3 is 5.73 Å². The molecule has 1 saturated heterocycles. The third-order valence-electron chi connectivity index (χ3n) is 10.0. The van der Waals surface area contributed by atoms with Crippen molar-refractivity contribution in [1.82, 2.24) is 9.38 Å². The van der Waals surface area contributed by atoms with Gasteiger partial charge in [-0.2, -0.15) is 11.8 Å². The summed E-state index contributed by atoms with van der Waals surface area (Å²) >= 11 is 2.19. The predicted molar refractivity (Wildman–Crippen MR) is 158 cm³/mol. The second-order valence-corrected chi connectivity index (χ2v) is 13.6. The summed E-state index contributed by atoms with van der Waals surface area (Å²) in [5.74, 6) is 3.62. The molecule has 5 rings (SSSR count). The molecule has 0 radical (unpaired) electrons. The Bertz CT molecular complexity index is 975. The van der Waals surface area contributed by atoms with E-state index in [1.165, 1.54) is 69.3 Å². The molecule has 2 saturated carbocycles. The number of quaternary nitrogens is 1. The molecule has 0 aromatic heterocycles. The molecule has 0 spiro atoms. The standard InChI is InChI=1S/C30H47FN5S/c1-4-21-7-8-29(36(3)11-9-35(2)10-12-36)22(14-21)6-5-13-37-30-16-23-15-25(30)24(26(23)18-32)17-28-27(31)19-33-20-34-28/h7-8,14,19-20,23-28,30H,4-6,9-13,15-18,32H2,1-3H3/q+1. The average Bonchev–Trinajstić information content (AvgIpc) is 3.47. The highest BCUT2D eigenvalue weighted by molar-refractivity contribution is 7.99. The van der Waals surface area contributed by atoms with Crippen LogP contribution in [0.5, 0.6) is 0 Å². The SMILES string of the molecule is CCc1ccc([N+]2(C)CCN(C)CC2)c(CCCSC2CC3CC2C(CC2N=CN=CC2F)C3CN)c1. The van der Waals surface area contributed by atoms with Crippen molar-refractivity contribution in [3.8, 4) is 0 Å². The highest BCUT2D eigenvalue weighted by Crippen LogP contribution is 2.57. The largest absolute Gasteiger partial charge is 0.330 e. The Labute approximate surface area is 227 Å². The lowest BCUT2D eigenvalue weighted by atomic mass is 9.75. The molecule has 204 valence electrons. The molecule has 2 bridgehead atoms. The fourth-order valence-corrected chi connectivity index (χ4v) is 9.23. The number of hydrogen-bond donors (Lipinski definition) is 1. The summed E-state index contributed by atoms with van der Waals surface area (Å²) in [5, 5.41) is 0.695. The summed E-state index contributed by atoms with van der Waals surface area (Å²) in [6, 6.07) is 6.99. The van der Waals surface area contributed by atoms with Crippen molar-refractivity contribution in [3.05, 3.63) is 29.3 Å². The van der Waals surface area contributed by atoms with Crippen LogP contribution in [0.2, 0.25) is 0 Å². The minimum atomic E-state index is -1.05. The highest BCUT2D eigenvalue weighted by atomic mass is 32.2. The van der Waals surface area contributed by atoms with Crippen LogP contribution in [0.4, 0.5) is 10.1 Å². The number of halogens is 1. The number of fused-ring (bicyclic) bond motifs is 2. The fourth-order valence-electron chi connectivity index (χ4n) is 7.67. The number of aliphatic imine (C=N–C) groups is 2. The second kappa shape index (κ2) is 11.8. The molecule has 2 N–H and O–H groups in total. The number of piperazine rings is 1. The number of thioether (sulfide) groups is 1. The first-order chi connectivity index (χ1) is 17.9. The number of benzene rings is 1. The summed E-state index contributed by atoms with van der Waals surface area (Å²) < 4.78 is 15.5. The molecule has 5 nitrogen and oxygen atoms in total. The quantitative estimate of drug-likeness (QED) is 0.357. The lowest BCUT2D eigenvalue weighted by molar-refractivity contribution is 0.181. The van der Waals surface area contributed by atoms with Crippen LogP contribution in [0, 0.1) is 23.7 Å². The van der Waals surface area contributed by atoms with Gasteiger partial charge in [0.25, 0.3) is 0 Å². The van der Waals surface area contributed by atoms with Gasteiger partial charge in [-0.3, -0.25) is 14.4 Å². The van der Waals surface area contributed by atoms with Crippen LogP contribution in [-0.4, -0.2) is 87.5 Å². The van der Waals surface area contributed by atoms with Crippen molar-refractivity contribution in [2.45, 2.75) is 62.9 Å². The Morgan fingerprint density at radius 1 is 1.19 bits per heavy atom. The maximum absolute atomic E-state index is 14.4. The minimum Gasteiger partial charge on any atom is -0.330 e. The van der Waals surface area contributed by atoms with Crippen molar-refractivity contribution in [3.63, 3.8) is 0 Å². The summed E-state index contributed by atoms with van der Waals surface area (Å²) in [6.45, 7) is 7.70. The number of aryl methyl sites for hydroxylation is 2. The van der Waals surface area contributed by atoms with Gasteiger partial charge in [0.2, 0.25) is 0 Å². The lowest BCUT2D eigenvalue weighted by Crippen LogP contribution is -2.57. The number of likely N-dealkylation sites (N-methyl/N-ethyl adjacent to an activating group) is 2. The number of alkyl halides is 1. The van der Waals surface area contributed by atoms with Crippen molar-refractivity contribution < 1.29 is 4.39 Å². The summed E-state index contributed by atoms with van der Waals surface area (Å²) in [4.78, 5) is 10.7. The van der Waals surface area contributed by atoms with E-state index in [0.29, 0.717) is 28.9 Å². The van der Waals surface area contributed by atoms with E-state index >= 15 is 0 Å². The molecule has 0 amide bonds. The van der Waals surface area contributed by atoms with E-state index in [9.17, 15) is 4.39 Å². The zero-order valence-electron chi connectivity index (χ0n) is 23.1. The first kappa shape index (κ1) is 27.3. The van der Waals surface area contributed by atoms with E-state index in [1.54, 1.807) is 11.3 Å². The summed E-state index contributed by atoms with van der Waals surface area (Å²) in [7, 11) is 4.67. The molecule has 7 atom stereocenters. The lowest BCUT2D eigenvalue weighted by Gasteiger charge is -2.41. The van der Waals surface area contributed by atoms with Gasteiger partial charge in [0.1, 0.15) is 12.0 Å².